The second kappa shape index (κ2) is 5.55. The lowest BCUT2D eigenvalue weighted by Crippen LogP contribution is -2.48. The smallest absolute Gasteiger partial charge is 0.0440 e. The number of hydrogen-bond acceptors (Lipinski definition) is 3. The highest BCUT2D eigenvalue weighted by Crippen LogP contribution is 2.36. The number of hydrogen-bond donors (Lipinski definition) is 1. The van der Waals surface area contributed by atoms with E-state index in [4.69, 9.17) is 0 Å². The summed E-state index contributed by atoms with van der Waals surface area (Å²) in [5.41, 5.74) is 0. The third kappa shape index (κ3) is 2.74. The zero-order chi connectivity index (χ0) is 13.4. The van der Waals surface area contributed by atoms with E-state index in [1.165, 1.54) is 30.6 Å². The molecule has 2 bridgehead atoms. The number of fused-ring (bicyclic) bond motifs is 2. The Labute approximate surface area is 121 Å². The van der Waals surface area contributed by atoms with E-state index in [0.717, 1.165) is 12.1 Å². The van der Waals surface area contributed by atoms with Gasteiger partial charge in [-0.15, -0.1) is 11.3 Å². The predicted molar refractivity (Wildman–Crippen MR) is 82.6 cm³/mol. The molecule has 19 heavy (non-hydrogen) atoms. The molecule has 0 aromatic carbocycles. The number of nitrogens with zero attached hydrogens (tertiary/aromatic N) is 1. The molecular weight excluding hydrogens is 252 g/mol. The molecule has 106 valence electrons. The van der Waals surface area contributed by atoms with Gasteiger partial charge in [0.05, 0.1) is 0 Å². The molecule has 1 aromatic heterocycles. The van der Waals surface area contributed by atoms with E-state index in [1.807, 2.05) is 11.3 Å². The van der Waals surface area contributed by atoms with Gasteiger partial charge in [-0.1, -0.05) is 19.9 Å². The Morgan fingerprint density at radius 2 is 1.95 bits per heavy atom. The Kier molecular flexibility index (Phi) is 3.97. The zero-order valence-electron chi connectivity index (χ0n) is 12.3. The van der Waals surface area contributed by atoms with Crippen LogP contribution in [-0.4, -0.2) is 30.1 Å². The zero-order valence-corrected chi connectivity index (χ0v) is 13.1. The van der Waals surface area contributed by atoms with E-state index in [-0.39, 0.29) is 0 Å². The molecule has 1 N–H and O–H groups in total. The van der Waals surface area contributed by atoms with Crippen LogP contribution in [0.15, 0.2) is 17.5 Å². The molecule has 0 amide bonds. The van der Waals surface area contributed by atoms with E-state index in [2.05, 4.69) is 48.6 Å². The lowest BCUT2D eigenvalue weighted by molar-refractivity contribution is 0.139. The average molecular weight is 278 g/mol. The van der Waals surface area contributed by atoms with Gasteiger partial charge in [-0.05, 0) is 50.1 Å². The summed E-state index contributed by atoms with van der Waals surface area (Å²) in [7, 11) is 2.32. The molecule has 2 aliphatic rings. The normalized spacial score (nSPS) is 32.9. The number of nitrogens with one attached hydrogen (secondary N) is 1. The van der Waals surface area contributed by atoms with Gasteiger partial charge in [0.2, 0.25) is 0 Å². The van der Waals surface area contributed by atoms with Crippen molar-refractivity contribution in [3.63, 3.8) is 0 Å². The highest BCUT2D eigenvalue weighted by molar-refractivity contribution is 7.10. The van der Waals surface area contributed by atoms with Gasteiger partial charge in [-0.25, -0.2) is 0 Å². The van der Waals surface area contributed by atoms with Gasteiger partial charge in [-0.3, -0.25) is 0 Å². The van der Waals surface area contributed by atoms with Crippen LogP contribution in [0.1, 0.15) is 50.4 Å². The molecule has 2 saturated heterocycles. The van der Waals surface area contributed by atoms with Crippen molar-refractivity contribution in [1.82, 2.24) is 10.2 Å². The molecule has 3 heteroatoms. The molecule has 1 aromatic rings. The fourth-order valence-corrected chi connectivity index (χ4v) is 4.83. The van der Waals surface area contributed by atoms with Crippen molar-refractivity contribution in [3.8, 4) is 0 Å². The molecule has 0 saturated carbocycles. The van der Waals surface area contributed by atoms with Crippen LogP contribution in [0.25, 0.3) is 0 Å². The summed E-state index contributed by atoms with van der Waals surface area (Å²) >= 11 is 1.89. The highest BCUT2D eigenvalue weighted by Gasteiger charge is 2.39. The van der Waals surface area contributed by atoms with Crippen LogP contribution in [0.5, 0.6) is 0 Å². The minimum atomic E-state index is 0.535. The topological polar surface area (TPSA) is 15.3 Å². The number of thiophene rings is 1. The largest absolute Gasteiger partial charge is 0.306 e. The van der Waals surface area contributed by atoms with Crippen molar-refractivity contribution in [1.29, 1.82) is 0 Å². The van der Waals surface area contributed by atoms with Crippen molar-refractivity contribution in [3.05, 3.63) is 22.4 Å². The first-order valence-electron chi connectivity index (χ1n) is 7.66. The van der Waals surface area contributed by atoms with E-state index >= 15 is 0 Å². The summed E-state index contributed by atoms with van der Waals surface area (Å²) < 4.78 is 0. The first kappa shape index (κ1) is 13.6. The van der Waals surface area contributed by atoms with Crippen LogP contribution in [-0.2, 0) is 0 Å². The predicted octanol–water partition coefficient (Wildman–Crippen LogP) is 3.66. The molecule has 3 rings (SSSR count). The summed E-state index contributed by atoms with van der Waals surface area (Å²) in [6.07, 6.45) is 5.48. The molecule has 2 aliphatic heterocycles. The Bertz CT molecular complexity index is 387. The van der Waals surface area contributed by atoms with Crippen LogP contribution >= 0.6 is 11.3 Å². The first-order chi connectivity index (χ1) is 9.15. The molecule has 2 fully saturated rings. The lowest BCUT2D eigenvalue weighted by atomic mass is 9.94. The summed E-state index contributed by atoms with van der Waals surface area (Å²) in [4.78, 5) is 4.12. The third-order valence-corrected chi connectivity index (χ3v) is 5.99. The average Bonchev–Trinajstić information content (AvgIpc) is 2.94. The third-order valence-electron chi connectivity index (χ3n) is 5.03. The maximum absolute atomic E-state index is 3.96. The molecule has 0 spiro atoms. The molecule has 3 heterocycles. The minimum absolute atomic E-state index is 0.535. The van der Waals surface area contributed by atoms with Crippen LogP contribution < -0.4 is 5.32 Å². The van der Waals surface area contributed by atoms with Gasteiger partial charge in [0.15, 0.2) is 0 Å². The summed E-state index contributed by atoms with van der Waals surface area (Å²) in [5, 5.41) is 6.16. The quantitative estimate of drug-likeness (QED) is 0.904. The van der Waals surface area contributed by atoms with Gasteiger partial charge in [0.1, 0.15) is 0 Å². The number of rotatable bonds is 4. The van der Waals surface area contributed by atoms with Crippen molar-refractivity contribution in [2.45, 2.75) is 63.7 Å². The molecule has 2 nitrogen and oxygen atoms in total. The number of piperidine rings is 1. The van der Waals surface area contributed by atoms with E-state index in [1.54, 1.807) is 0 Å². The summed E-state index contributed by atoms with van der Waals surface area (Å²) in [6, 6.07) is 7.36. The van der Waals surface area contributed by atoms with Gasteiger partial charge < -0.3 is 10.2 Å². The van der Waals surface area contributed by atoms with Crippen LogP contribution in [0.4, 0.5) is 0 Å². The Morgan fingerprint density at radius 1 is 1.26 bits per heavy atom. The molecule has 0 aliphatic carbocycles. The van der Waals surface area contributed by atoms with Crippen molar-refractivity contribution in [2.75, 3.05) is 7.05 Å². The van der Waals surface area contributed by atoms with E-state index in [0.29, 0.717) is 18.0 Å². The minimum Gasteiger partial charge on any atom is -0.306 e. The monoisotopic (exact) mass is 278 g/mol. The Morgan fingerprint density at radius 3 is 2.47 bits per heavy atom. The van der Waals surface area contributed by atoms with Gasteiger partial charge in [0.25, 0.3) is 0 Å². The molecule has 3 atom stereocenters. The second-order valence-electron chi connectivity index (χ2n) is 6.62. The van der Waals surface area contributed by atoms with Gasteiger partial charge >= 0.3 is 0 Å². The highest BCUT2D eigenvalue weighted by atomic mass is 32.1. The molecule has 3 unspecified atom stereocenters. The Balaban J connectivity index is 1.67. The lowest BCUT2D eigenvalue weighted by Gasteiger charge is -2.39. The molecular formula is C16H26N2S. The molecule has 0 radical (unpaired) electrons. The van der Waals surface area contributed by atoms with Gasteiger partial charge in [-0.2, -0.15) is 0 Å². The van der Waals surface area contributed by atoms with Crippen molar-refractivity contribution >= 4 is 11.3 Å². The van der Waals surface area contributed by atoms with Crippen molar-refractivity contribution < 1.29 is 0 Å². The van der Waals surface area contributed by atoms with Crippen LogP contribution in [0, 0.1) is 5.92 Å². The summed E-state index contributed by atoms with van der Waals surface area (Å²) in [5.74, 6) is 0.663. The second-order valence-corrected chi connectivity index (χ2v) is 7.60. The Hall–Kier alpha value is -0.380. The maximum Gasteiger partial charge on any atom is 0.0440 e. The first-order valence-corrected chi connectivity index (χ1v) is 8.54. The van der Waals surface area contributed by atoms with Crippen molar-refractivity contribution in [2.24, 2.45) is 5.92 Å². The standard InChI is InChI=1S/C16H26N2S/c1-11(2)16(15-5-4-8-19-15)17-12-9-13-6-7-14(10-12)18(13)3/h4-5,8,11-14,16-17H,6-7,9-10H2,1-3H3. The SMILES string of the molecule is CC(C)C(NC1CC2CCC(C1)N2C)c1cccs1. The summed E-state index contributed by atoms with van der Waals surface area (Å²) in [6.45, 7) is 4.67. The van der Waals surface area contributed by atoms with Gasteiger partial charge in [0, 0.05) is 29.0 Å². The van der Waals surface area contributed by atoms with E-state index < -0.39 is 0 Å². The van der Waals surface area contributed by atoms with Crippen LogP contribution in [0.3, 0.4) is 0 Å². The fourth-order valence-electron chi connectivity index (χ4n) is 3.87. The fraction of sp³-hybridized carbons (Fsp3) is 0.750. The van der Waals surface area contributed by atoms with Crippen LogP contribution in [0.2, 0.25) is 0 Å². The maximum atomic E-state index is 3.96. The van der Waals surface area contributed by atoms with E-state index in [9.17, 15) is 0 Å².